The number of amides is 1. The highest BCUT2D eigenvalue weighted by atomic mass is 19.3. The first kappa shape index (κ1) is 17.7. The second kappa shape index (κ2) is 8.31. The maximum absolute atomic E-state index is 13.2. The zero-order valence-corrected chi connectivity index (χ0v) is 13.1. The Morgan fingerprint density at radius 3 is 2.91 bits per heavy atom. The first-order valence-electron chi connectivity index (χ1n) is 7.64. The fourth-order valence-corrected chi connectivity index (χ4v) is 2.55. The summed E-state index contributed by atoms with van der Waals surface area (Å²) in [6.45, 7) is 3.35. The van der Waals surface area contributed by atoms with Crippen LogP contribution in [0.5, 0.6) is 0 Å². The van der Waals surface area contributed by atoms with Gasteiger partial charge in [-0.25, -0.2) is 13.2 Å². The Bertz CT molecular complexity index is 528. The molecule has 0 saturated carbocycles. The van der Waals surface area contributed by atoms with Gasteiger partial charge in [0.2, 0.25) is 5.91 Å². The molecule has 1 fully saturated rings. The number of hydrogen-bond acceptors (Lipinski definition) is 3. The second-order valence-corrected chi connectivity index (χ2v) is 5.52. The summed E-state index contributed by atoms with van der Waals surface area (Å²) in [5.74, 6) is -0.509. The lowest BCUT2D eigenvalue weighted by atomic mass is 10.2. The van der Waals surface area contributed by atoms with Gasteiger partial charge >= 0.3 is 0 Å². The minimum Gasteiger partial charge on any atom is -0.370 e. The number of carbonyl (C=O) groups is 1. The first-order valence-corrected chi connectivity index (χ1v) is 7.64. The molecule has 7 heteroatoms. The van der Waals surface area contributed by atoms with Crippen LogP contribution in [0.1, 0.15) is 12.5 Å². The van der Waals surface area contributed by atoms with Crippen molar-refractivity contribution in [2.45, 2.75) is 26.0 Å². The maximum atomic E-state index is 13.2. The summed E-state index contributed by atoms with van der Waals surface area (Å²) in [4.78, 5) is 15.6. The Morgan fingerprint density at radius 2 is 2.26 bits per heavy atom. The van der Waals surface area contributed by atoms with Crippen LogP contribution in [0.25, 0.3) is 0 Å². The lowest BCUT2D eigenvalue weighted by molar-refractivity contribution is -0.138. The number of ether oxygens (including phenoxy) is 1. The van der Waals surface area contributed by atoms with Gasteiger partial charge < -0.3 is 9.64 Å². The average Bonchev–Trinajstić information content (AvgIpc) is 2.52. The van der Waals surface area contributed by atoms with Crippen molar-refractivity contribution in [1.29, 1.82) is 0 Å². The number of halogens is 3. The van der Waals surface area contributed by atoms with Gasteiger partial charge in [-0.1, -0.05) is 12.1 Å². The van der Waals surface area contributed by atoms with Crippen molar-refractivity contribution in [3.63, 3.8) is 0 Å². The van der Waals surface area contributed by atoms with E-state index in [1.54, 1.807) is 21.9 Å². The molecule has 0 radical (unpaired) electrons. The van der Waals surface area contributed by atoms with Crippen LogP contribution in [0.2, 0.25) is 0 Å². The molecule has 1 aliphatic rings. The van der Waals surface area contributed by atoms with Gasteiger partial charge in [0.1, 0.15) is 11.9 Å². The SMILES string of the molecule is CCN(Cc1cccc(F)c1)C(=O)CN1CCOC(C(F)F)C1. The molecule has 0 bridgehead atoms. The minimum absolute atomic E-state index is 0.0426. The smallest absolute Gasteiger partial charge is 0.265 e. The van der Waals surface area contributed by atoms with Crippen LogP contribution in [0.3, 0.4) is 0 Å². The zero-order valence-electron chi connectivity index (χ0n) is 13.1. The van der Waals surface area contributed by atoms with Gasteiger partial charge in [-0.05, 0) is 24.6 Å². The molecular formula is C16H21F3N2O2. The Labute approximate surface area is 133 Å². The summed E-state index contributed by atoms with van der Waals surface area (Å²) in [5.41, 5.74) is 0.702. The molecule has 1 heterocycles. The van der Waals surface area contributed by atoms with Crippen LogP contribution in [0.15, 0.2) is 24.3 Å². The molecule has 23 heavy (non-hydrogen) atoms. The quantitative estimate of drug-likeness (QED) is 0.801. The number of alkyl halides is 2. The van der Waals surface area contributed by atoms with E-state index >= 15 is 0 Å². The van der Waals surface area contributed by atoms with E-state index in [1.807, 2.05) is 6.92 Å². The van der Waals surface area contributed by atoms with Crippen LogP contribution >= 0.6 is 0 Å². The molecule has 1 unspecified atom stereocenters. The van der Waals surface area contributed by atoms with Crippen LogP contribution in [-0.4, -0.2) is 61.0 Å². The highest BCUT2D eigenvalue weighted by molar-refractivity contribution is 5.78. The summed E-state index contributed by atoms with van der Waals surface area (Å²) in [6, 6.07) is 6.08. The molecule has 0 spiro atoms. The van der Waals surface area contributed by atoms with Crippen LogP contribution in [-0.2, 0) is 16.1 Å². The summed E-state index contributed by atoms with van der Waals surface area (Å²) in [6.07, 6.45) is -3.70. The van der Waals surface area contributed by atoms with E-state index in [0.29, 0.717) is 25.2 Å². The van der Waals surface area contributed by atoms with Gasteiger partial charge in [-0.15, -0.1) is 0 Å². The van der Waals surface area contributed by atoms with Gasteiger partial charge in [0.15, 0.2) is 0 Å². The summed E-state index contributed by atoms with van der Waals surface area (Å²) < 4.78 is 43.6. The van der Waals surface area contributed by atoms with Gasteiger partial charge in [-0.3, -0.25) is 9.69 Å². The van der Waals surface area contributed by atoms with E-state index in [0.717, 1.165) is 0 Å². The Balaban J connectivity index is 1.92. The minimum atomic E-state index is -2.55. The highest BCUT2D eigenvalue weighted by Gasteiger charge is 2.29. The number of carbonyl (C=O) groups excluding carboxylic acids is 1. The van der Waals surface area contributed by atoms with Gasteiger partial charge in [0, 0.05) is 26.2 Å². The Kier molecular flexibility index (Phi) is 6.41. The van der Waals surface area contributed by atoms with Crippen LogP contribution in [0, 0.1) is 5.82 Å². The van der Waals surface area contributed by atoms with Gasteiger partial charge in [-0.2, -0.15) is 0 Å². The molecule has 4 nitrogen and oxygen atoms in total. The van der Waals surface area contributed by atoms with Crippen LogP contribution in [0.4, 0.5) is 13.2 Å². The molecular weight excluding hydrogens is 309 g/mol. The van der Waals surface area contributed by atoms with Crippen molar-refractivity contribution in [2.24, 2.45) is 0 Å². The number of morpholine rings is 1. The van der Waals surface area contributed by atoms with E-state index in [1.165, 1.54) is 12.1 Å². The highest BCUT2D eigenvalue weighted by Crippen LogP contribution is 2.13. The predicted octanol–water partition coefficient (Wildman–Crippen LogP) is 2.14. The molecule has 1 atom stereocenters. The number of rotatable bonds is 6. The topological polar surface area (TPSA) is 32.8 Å². The monoisotopic (exact) mass is 330 g/mol. The molecule has 2 rings (SSSR count). The predicted molar refractivity (Wildman–Crippen MR) is 79.7 cm³/mol. The lowest BCUT2D eigenvalue weighted by Gasteiger charge is -2.33. The number of nitrogens with zero attached hydrogens (tertiary/aromatic N) is 2. The Morgan fingerprint density at radius 1 is 1.48 bits per heavy atom. The van der Waals surface area contributed by atoms with E-state index in [-0.39, 0.29) is 31.4 Å². The molecule has 128 valence electrons. The van der Waals surface area contributed by atoms with E-state index in [4.69, 9.17) is 4.74 Å². The summed E-state index contributed by atoms with van der Waals surface area (Å²) in [7, 11) is 0. The molecule has 0 aromatic heterocycles. The standard InChI is InChI=1S/C16H21F3N2O2/c1-2-21(9-12-4-3-5-13(17)8-12)15(22)11-20-6-7-23-14(10-20)16(18)19/h3-5,8,14,16H,2,6-7,9-11H2,1H3. The van der Waals surface area contributed by atoms with E-state index in [9.17, 15) is 18.0 Å². The summed E-state index contributed by atoms with van der Waals surface area (Å²) in [5, 5.41) is 0. The largest absolute Gasteiger partial charge is 0.370 e. The molecule has 1 aliphatic heterocycles. The van der Waals surface area contributed by atoms with E-state index in [2.05, 4.69) is 0 Å². The van der Waals surface area contributed by atoms with Crippen molar-refractivity contribution >= 4 is 5.91 Å². The van der Waals surface area contributed by atoms with Crippen LogP contribution < -0.4 is 0 Å². The molecule has 1 aromatic rings. The first-order chi connectivity index (χ1) is 11.0. The number of likely N-dealkylation sites (N-methyl/N-ethyl adjacent to an activating group) is 1. The second-order valence-electron chi connectivity index (χ2n) is 5.52. The molecule has 0 aliphatic carbocycles. The van der Waals surface area contributed by atoms with Crippen molar-refractivity contribution in [3.05, 3.63) is 35.6 Å². The lowest BCUT2D eigenvalue weighted by Crippen LogP contribution is -2.49. The third-order valence-corrected chi connectivity index (χ3v) is 3.81. The normalized spacial score (nSPS) is 19.1. The molecule has 1 amide bonds. The van der Waals surface area contributed by atoms with Gasteiger partial charge in [0.25, 0.3) is 6.43 Å². The van der Waals surface area contributed by atoms with Crippen molar-refractivity contribution in [1.82, 2.24) is 9.80 Å². The summed E-state index contributed by atoms with van der Waals surface area (Å²) >= 11 is 0. The maximum Gasteiger partial charge on any atom is 0.265 e. The average molecular weight is 330 g/mol. The number of hydrogen-bond donors (Lipinski definition) is 0. The Hall–Kier alpha value is -1.60. The third kappa shape index (κ3) is 5.21. The molecule has 1 saturated heterocycles. The fraction of sp³-hybridized carbons (Fsp3) is 0.562. The molecule has 1 aromatic carbocycles. The number of benzene rings is 1. The molecule has 0 N–H and O–H groups in total. The van der Waals surface area contributed by atoms with Crippen molar-refractivity contribution in [3.8, 4) is 0 Å². The van der Waals surface area contributed by atoms with Gasteiger partial charge in [0.05, 0.1) is 13.2 Å². The van der Waals surface area contributed by atoms with Crippen molar-refractivity contribution in [2.75, 3.05) is 32.8 Å². The van der Waals surface area contributed by atoms with E-state index < -0.39 is 12.5 Å². The third-order valence-electron chi connectivity index (χ3n) is 3.81. The zero-order chi connectivity index (χ0) is 16.8. The fourth-order valence-electron chi connectivity index (χ4n) is 2.55. The van der Waals surface area contributed by atoms with Crippen molar-refractivity contribution < 1.29 is 22.7 Å².